The zero-order valence-corrected chi connectivity index (χ0v) is 8.95. The first-order valence-electron chi connectivity index (χ1n) is 4.37. The van der Waals surface area contributed by atoms with E-state index in [1.807, 2.05) is 6.07 Å². The summed E-state index contributed by atoms with van der Waals surface area (Å²) in [4.78, 5) is 10.9. The number of rotatable bonds is 2. The highest BCUT2D eigenvalue weighted by Crippen LogP contribution is 2.30. The molecule has 2 heterocycles. The quantitative estimate of drug-likeness (QED) is 0.844. The number of carboxylic acids is 1. The highest BCUT2D eigenvalue weighted by Gasteiger charge is 2.35. The minimum absolute atomic E-state index is 0.0567. The van der Waals surface area contributed by atoms with E-state index in [2.05, 4.69) is 21.2 Å². The molecule has 2 atom stereocenters. The fraction of sp³-hybridized carbons (Fsp3) is 0.444. The Morgan fingerprint density at radius 1 is 1.57 bits per heavy atom. The van der Waals surface area contributed by atoms with E-state index in [4.69, 9.17) is 9.52 Å². The van der Waals surface area contributed by atoms with Gasteiger partial charge in [0.25, 0.3) is 0 Å². The van der Waals surface area contributed by atoms with E-state index >= 15 is 0 Å². The lowest BCUT2D eigenvalue weighted by Crippen LogP contribution is -2.20. The van der Waals surface area contributed by atoms with Crippen LogP contribution in [-0.4, -0.2) is 24.2 Å². The van der Waals surface area contributed by atoms with Crippen LogP contribution in [-0.2, 0) is 4.79 Å². The highest BCUT2D eigenvalue weighted by molar-refractivity contribution is 9.10. The van der Waals surface area contributed by atoms with E-state index in [0.717, 1.165) is 5.76 Å². The highest BCUT2D eigenvalue weighted by atomic mass is 79.9. The van der Waals surface area contributed by atoms with Crippen LogP contribution in [0, 0.1) is 5.92 Å². The smallest absolute Gasteiger partial charge is 0.308 e. The molecule has 0 bridgehead atoms. The Morgan fingerprint density at radius 3 is 2.93 bits per heavy atom. The fourth-order valence-electron chi connectivity index (χ4n) is 1.76. The summed E-state index contributed by atoms with van der Waals surface area (Å²) in [6, 6.07) is 3.60. The van der Waals surface area contributed by atoms with Gasteiger partial charge >= 0.3 is 5.97 Å². The zero-order valence-electron chi connectivity index (χ0n) is 7.37. The summed E-state index contributed by atoms with van der Waals surface area (Å²) in [5.41, 5.74) is 0. The van der Waals surface area contributed by atoms with Gasteiger partial charge in [-0.3, -0.25) is 4.79 Å². The second-order valence-electron chi connectivity index (χ2n) is 3.35. The fourth-order valence-corrected chi connectivity index (χ4v) is 2.08. The summed E-state index contributed by atoms with van der Waals surface area (Å²) < 4.78 is 6.00. The number of halogens is 1. The van der Waals surface area contributed by atoms with Gasteiger partial charge in [-0.25, -0.2) is 0 Å². The largest absolute Gasteiger partial charge is 0.481 e. The maximum absolute atomic E-state index is 10.9. The Kier molecular flexibility index (Phi) is 2.60. The van der Waals surface area contributed by atoms with Crippen LogP contribution < -0.4 is 5.32 Å². The molecule has 1 saturated heterocycles. The van der Waals surface area contributed by atoms with Crippen LogP contribution >= 0.6 is 15.9 Å². The Bertz CT molecular complexity index is 350. The van der Waals surface area contributed by atoms with Crippen molar-refractivity contribution in [2.45, 2.75) is 5.92 Å². The van der Waals surface area contributed by atoms with Crippen LogP contribution in [0.3, 0.4) is 0 Å². The molecule has 0 aromatic carbocycles. The molecule has 0 unspecified atom stereocenters. The molecule has 1 aliphatic heterocycles. The first-order chi connectivity index (χ1) is 6.68. The van der Waals surface area contributed by atoms with Crippen LogP contribution in [0.2, 0.25) is 0 Å². The topological polar surface area (TPSA) is 62.5 Å². The minimum Gasteiger partial charge on any atom is -0.481 e. The standard InChI is InChI=1S/C9H10BrNO3/c10-8-2-1-7(14-8)5-3-11-4-6(5)9(12)13/h1-2,5-6,11H,3-4H2,(H,12,13)/t5-,6+/m0/s1. The van der Waals surface area contributed by atoms with Crippen molar-refractivity contribution in [1.29, 1.82) is 0 Å². The molecule has 0 aliphatic carbocycles. The average molecular weight is 260 g/mol. The van der Waals surface area contributed by atoms with Crippen LogP contribution in [0.5, 0.6) is 0 Å². The summed E-state index contributed by atoms with van der Waals surface area (Å²) in [6.45, 7) is 1.18. The molecule has 14 heavy (non-hydrogen) atoms. The number of carbonyl (C=O) groups is 1. The van der Waals surface area contributed by atoms with Gasteiger partial charge in [-0.1, -0.05) is 0 Å². The molecule has 76 valence electrons. The Labute approximate surface area is 89.4 Å². The van der Waals surface area contributed by atoms with Gasteiger partial charge in [-0.2, -0.15) is 0 Å². The number of nitrogens with one attached hydrogen (secondary N) is 1. The molecule has 1 aromatic heterocycles. The van der Waals surface area contributed by atoms with Gasteiger partial charge < -0.3 is 14.8 Å². The zero-order chi connectivity index (χ0) is 10.1. The Hall–Kier alpha value is -0.810. The van der Waals surface area contributed by atoms with E-state index in [0.29, 0.717) is 17.8 Å². The van der Waals surface area contributed by atoms with E-state index in [9.17, 15) is 4.79 Å². The molecular formula is C9H10BrNO3. The van der Waals surface area contributed by atoms with E-state index in [1.165, 1.54) is 0 Å². The normalized spacial score (nSPS) is 26.6. The van der Waals surface area contributed by atoms with Crippen molar-refractivity contribution >= 4 is 21.9 Å². The predicted octanol–water partition coefficient (Wildman–Crippen LogP) is 1.43. The third-order valence-electron chi connectivity index (χ3n) is 2.49. The van der Waals surface area contributed by atoms with Crippen molar-refractivity contribution in [2.24, 2.45) is 5.92 Å². The van der Waals surface area contributed by atoms with Crippen LogP contribution in [0.25, 0.3) is 0 Å². The van der Waals surface area contributed by atoms with Crippen molar-refractivity contribution < 1.29 is 14.3 Å². The van der Waals surface area contributed by atoms with E-state index in [-0.39, 0.29) is 11.8 Å². The van der Waals surface area contributed by atoms with Gasteiger partial charge in [0.15, 0.2) is 4.67 Å². The first kappa shape index (κ1) is 9.73. The molecule has 1 aromatic rings. The van der Waals surface area contributed by atoms with Gasteiger partial charge in [0.05, 0.1) is 5.92 Å². The summed E-state index contributed by atoms with van der Waals surface area (Å²) >= 11 is 3.20. The third kappa shape index (κ3) is 1.69. The minimum atomic E-state index is -0.771. The SMILES string of the molecule is O=C(O)[C@@H]1CNC[C@@H]1c1ccc(Br)o1. The van der Waals surface area contributed by atoms with Crippen LogP contribution in [0.15, 0.2) is 21.2 Å². The maximum atomic E-state index is 10.9. The number of aliphatic carboxylic acids is 1. The number of hydrogen-bond donors (Lipinski definition) is 2. The Balaban J connectivity index is 2.21. The van der Waals surface area contributed by atoms with Gasteiger partial charge in [-0.15, -0.1) is 0 Å². The lowest BCUT2D eigenvalue weighted by Gasteiger charge is -2.10. The maximum Gasteiger partial charge on any atom is 0.308 e. The van der Waals surface area contributed by atoms with Gasteiger partial charge in [0.2, 0.25) is 0 Å². The van der Waals surface area contributed by atoms with Gasteiger partial charge in [0, 0.05) is 19.0 Å². The van der Waals surface area contributed by atoms with Crippen LogP contribution in [0.1, 0.15) is 11.7 Å². The second kappa shape index (κ2) is 3.74. The van der Waals surface area contributed by atoms with Crippen molar-refractivity contribution in [3.8, 4) is 0 Å². The van der Waals surface area contributed by atoms with E-state index in [1.54, 1.807) is 6.07 Å². The molecule has 0 radical (unpaired) electrons. The molecule has 5 heteroatoms. The molecule has 1 aliphatic rings. The van der Waals surface area contributed by atoms with Gasteiger partial charge in [-0.05, 0) is 28.1 Å². The van der Waals surface area contributed by atoms with Gasteiger partial charge in [0.1, 0.15) is 5.76 Å². The second-order valence-corrected chi connectivity index (χ2v) is 4.13. The molecular weight excluding hydrogens is 250 g/mol. The summed E-state index contributed by atoms with van der Waals surface area (Å²) in [5.74, 6) is -0.478. The van der Waals surface area contributed by atoms with E-state index < -0.39 is 5.97 Å². The molecule has 0 amide bonds. The van der Waals surface area contributed by atoms with Crippen molar-refractivity contribution in [1.82, 2.24) is 5.32 Å². The predicted molar refractivity (Wildman–Crippen MR) is 53.1 cm³/mol. The van der Waals surface area contributed by atoms with Crippen molar-refractivity contribution in [2.75, 3.05) is 13.1 Å². The monoisotopic (exact) mass is 259 g/mol. The molecule has 0 spiro atoms. The number of hydrogen-bond acceptors (Lipinski definition) is 3. The van der Waals surface area contributed by atoms with Crippen molar-refractivity contribution in [3.63, 3.8) is 0 Å². The molecule has 2 rings (SSSR count). The lowest BCUT2D eigenvalue weighted by molar-refractivity contribution is -0.141. The number of carboxylic acid groups (broad SMARTS) is 1. The molecule has 1 fully saturated rings. The van der Waals surface area contributed by atoms with Crippen molar-refractivity contribution in [3.05, 3.63) is 22.6 Å². The summed E-state index contributed by atoms with van der Waals surface area (Å²) in [7, 11) is 0. The average Bonchev–Trinajstić information content (AvgIpc) is 2.70. The Morgan fingerprint density at radius 2 is 2.36 bits per heavy atom. The third-order valence-corrected chi connectivity index (χ3v) is 2.92. The lowest BCUT2D eigenvalue weighted by atomic mass is 9.94. The molecule has 0 saturated carbocycles. The summed E-state index contributed by atoms with van der Waals surface area (Å²) in [5, 5.41) is 12.0. The molecule has 2 N–H and O–H groups in total. The van der Waals surface area contributed by atoms with Crippen LogP contribution in [0.4, 0.5) is 0 Å². The first-order valence-corrected chi connectivity index (χ1v) is 5.16. The number of furan rings is 1. The summed E-state index contributed by atoms with van der Waals surface area (Å²) in [6.07, 6.45) is 0. The molecule has 4 nitrogen and oxygen atoms in total.